The summed E-state index contributed by atoms with van der Waals surface area (Å²) in [5.74, 6) is 0. The van der Waals surface area contributed by atoms with Gasteiger partial charge in [0.25, 0.3) is 5.52 Å². The Balaban J connectivity index is 2.87. The SMILES string of the molecule is CC[n+]1cccc2cccc([N+](=O)[O-])c21. The van der Waals surface area contributed by atoms with Crippen LogP contribution in [-0.2, 0) is 6.54 Å². The Morgan fingerprint density at radius 2 is 2.07 bits per heavy atom. The highest BCUT2D eigenvalue weighted by Crippen LogP contribution is 2.21. The predicted molar refractivity (Wildman–Crippen MR) is 56.5 cm³/mol. The zero-order valence-corrected chi connectivity index (χ0v) is 8.38. The lowest BCUT2D eigenvalue weighted by Crippen LogP contribution is -2.32. The number of para-hydroxylation sites is 1. The van der Waals surface area contributed by atoms with E-state index in [1.807, 2.05) is 35.9 Å². The van der Waals surface area contributed by atoms with E-state index in [2.05, 4.69) is 0 Å². The van der Waals surface area contributed by atoms with Gasteiger partial charge in [0.15, 0.2) is 6.20 Å². The Hall–Kier alpha value is -1.97. The van der Waals surface area contributed by atoms with Gasteiger partial charge >= 0.3 is 5.69 Å². The lowest BCUT2D eigenvalue weighted by atomic mass is 10.2. The second kappa shape index (κ2) is 3.65. The normalized spacial score (nSPS) is 10.5. The number of pyridine rings is 1. The maximum absolute atomic E-state index is 10.9. The standard InChI is InChI=1S/C11H11N2O2/c1-2-12-8-4-6-9-5-3-7-10(11(9)12)13(14)15/h3-8H,2H2,1H3/q+1. The van der Waals surface area contributed by atoms with Crippen LogP contribution in [0.1, 0.15) is 6.92 Å². The van der Waals surface area contributed by atoms with Gasteiger partial charge in [-0.3, -0.25) is 10.1 Å². The second-order valence-corrected chi connectivity index (χ2v) is 3.27. The Labute approximate surface area is 86.9 Å². The van der Waals surface area contributed by atoms with Crippen molar-refractivity contribution in [2.45, 2.75) is 13.5 Å². The zero-order valence-electron chi connectivity index (χ0n) is 8.38. The van der Waals surface area contributed by atoms with Crippen LogP contribution in [0.15, 0.2) is 36.5 Å². The molecule has 15 heavy (non-hydrogen) atoms. The molecule has 0 aliphatic carbocycles. The highest BCUT2D eigenvalue weighted by atomic mass is 16.6. The number of nitro benzene ring substituents is 1. The molecule has 0 saturated heterocycles. The molecule has 76 valence electrons. The molecular formula is C11H11N2O2+. The van der Waals surface area contributed by atoms with E-state index < -0.39 is 0 Å². The molecular weight excluding hydrogens is 192 g/mol. The van der Waals surface area contributed by atoms with E-state index >= 15 is 0 Å². The topological polar surface area (TPSA) is 47.0 Å². The smallest absolute Gasteiger partial charge is 0.258 e. The minimum absolute atomic E-state index is 0.162. The van der Waals surface area contributed by atoms with E-state index in [9.17, 15) is 10.1 Å². The number of nitrogens with zero attached hydrogens (tertiary/aromatic N) is 2. The molecule has 0 bridgehead atoms. The van der Waals surface area contributed by atoms with Crippen LogP contribution >= 0.6 is 0 Å². The van der Waals surface area contributed by atoms with Crippen LogP contribution in [0, 0.1) is 10.1 Å². The summed E-state index contributed by atoms with van der Waals surface area (Å²) in [6.07, 6.45) is 1.86. The molecule has 1 aromatic heterocycles. The van der Waals surface area contributed by atoms with E-state index in [0.29, 0.717) is 5.52 Å². The highest BCUT2D eigenvalue weighted by molar-refractivity contribution is 5.83. The minimum Gasteiger partial charge on any atom is -0.258 e. The first-order valence-electron chi connectivity index (χ1n) is 4.79. The third-order valence-electron chi connectivity index (χ3n) is 2.41. The summed E-state index contributed by atoms with van der Waals surface area (Å²) in [7, 11) is 0. The van der Waals surface area contributed by atoms with Gasteiger partial charge in [0.2, 0.25) is 0 Å². The molecule has 0 atom stereocenters. The number of benzene rings is 1. The third kappa shape index (κ3) is 1.54. The number of rotatable bonds is 2. The van der Waals surface area contributed by atoms with Crippen LogP contribution < -0.4 is 4.57 Å². The predicted octanol–water partition coefficient (Wildman–Crippen LogP) is 2.06. The summed E-state index contributed by atoms with van der Waals surface area (Å²) in [6, 6.07) is 8.91. The average molecular weight is 203 g/mol. The van der Waals surface area contributed by atoms with Gasteiger partial charge in [-0.05, 0) is 19.1 Å². The summed E-state index contributed by atoms with van der Waals surface area (Å²) < 4.78 is 1.88. The fraction of sp³-hybridized carbons (Fsp3) is 0.182. The van der Waals surface area contributed by atoms with Crippen LogP contribution in [0.2, 0.25) is 0 Å². The molecule has 0 aliphatic heterocycles. The van der Waals surface area contributed by atoms with Crippen LogP contribution in [0.4, 0.5) is 5.69 Å². The van der Waals surface area contributed by atoms with Crippen molar-refractivity contribution in [3.05, 3.63) is 46.6 Å². The fourth-order valence-electron chi connectivity index (χ4n) is 1.73. The summed E-state index contributed by atoms with van der Waals surface area (Å²) in [6.45, 7) is 2.69. The number of hydrogen-bond acceptors (Lipinski definition) is 2. The van der Waals surface area contributed by atoms with Crippen LogP contribution in [0.25, 0.3) is 10.9 Å². The van der Waals surface area contributed by atoms with E-state index in [1.165, 1.54) is 6.07 Å². The molecule has 4 nitrogen and oxygen atoms in total. The number of fused-ring (bicyclic) bond motifs is 1. The van der Waals surface area contributed by atoms with Gasteiger partial charge in [-0.25, -0.2) is 0 Å². The Kier molecular flexibility index (Phi) is 2.33. The molecule has 0 saturated carbocycles. The molecule has 0 fully saturated rings. The zero-order chi connectivity index (χ0) is 10.8. The number of aryl methyl sites for hydroxylation is 1. The maximum atomic E-state index is 10.9. The first kappa shape index (κ1) is 9.58. The Bertz CT molecular complexity index is 518. The summed E-state index contributed by atoms with van der Waals surface area (Å²) in [5, 5.41) is 11.8. The maximum Gasteiger partial charge on any atom is 0.340 e. The van der Waals surface area contributed by atoms with Gasteiger partial charge in [0, 0.05) is 12.1 Å². The van der Waals surface area contributed by atoms with Crippen molar-refractivity contribution in [1.82, 2.24) is 0 Å². The van der Waals surface area contributed by atoms with E-state index in [4.69, 9.17) is 0 Å². The van der Waals surface area contributed by atoms with Crippen LogP contribution in [0.5, 0.6) is 0 Å². The largest absolute Gasteiger partial charge is 0.340 e. The van der Waals surface area contributed by atoms with Crippen molar-refractivity contribution in [3.8, 4) is 0 Å². The Morgan fingerprint density at radius 3 is 2.73 bits per heavy atom. The number of nitro groups is 1. The van der Waals surface area contributed by atoms with Crippen molar-refractivity contribution in [3.63, 3.8) is 0 Å². The van der Waals surface area contributed by atoms with E-state index in [0.717, 1.165) is 11.9 Å². The minimum atomic E-state index is -0.339. The molecule has 0 unspecified atom stereocenters. The lowest BCUT2D eigenvalue weighted by Gasteiger charge is -1.98. The van der Waals surface area contributed by atoms with Crippen molar-refractivity contribution >= 4 is 16.6 Å². The van der Waals surface area contributed by atoms with Crippen LogP contribution in [-0.4, -0.2) is 4.92 Å². The number of non-ortho nitro benzene ring substituents is 1. The van der Waals surface area contributed by atoms with Gasteiger partial charge in [-0.1, -0.05) is 6.07 Å². The van der Waals surface area contributed by atoms with Crippen molar-refractivity contribution in [2.24, 2.45) is 0 Å². The third-order valence-corrected chi connectivity index (χ3v) is 2.41. The molecule has 2 aromatic rings. The van der Waals surface area contributed by atoms with E-state index in [1.54, 1.807) is 6.07 Å². The van der Waals surface area contributed by atoms with Gasteiger partial charge in [-0.15, -0.1) is 0 Å². The first-order valence-corrected chi connectivity index (χ1v) is 4.79. The van der Waals surface area contributed by atoms with Crippen LogP contribution in [0.3, 0.4) is 0 Å². The van der Waals surface area contributed by atoms with Gasteiger partial charge in [0.05, 0.1) is 10.3 Å². The van der Waals surface area contributed by atoms with Gasteiger partial charge < -0.3 is 0 Å². The molecule has 2 rings (SSSR count). The summed E-state index contributed by atoms with van der Waals surface area (Å²) >= 11 is 0. The molecule has 0 radical (unpaired) electrons. The molecule has 1 aromatic carbocycles. The first-order chi connectivity index (χ1) is 7.24. The Morgan fingerprint density at radius 1 is 1.33 bits per heavy atom. The van der Waals surface area contributed by atoms with Crippen molar-refractivity contribution < 1.29 is 9.49 Å². The molecule has 0 amide bonds. The van der Waals surface area contributed by atoms with E-state index in [-0.39, 0.29) is 10.6 Å². The average Bonchev–Trinajstić information content (AvgIpc) is 2.27. The molecule has 4 heteroatoms. The number of aromatic nitrogens is 1. The second-order valence-electron chi connectivity index (χ2n) is 3.27. The highest BCUT2D eigenvalue weighted by Gasteiger charge is 2.20. The fourth-order valence-corrected chi connectivity index (χ4v) is 1.73. The summed E-state index contributed by atoms with van der Waals surface area (Å²) in [4.78, 5) is 10.5. The lowest BCUT2D eigenvalue weighted by molar-refractivity contribution is -0.669. The molecule has 0 N–H and O–H groups in total. The molecule has 0 aliphatic rings. The monoisotopic (exact) mass is 203 g/mol. The van der Waals surface area contributed by atoms with Crippen molar-refractivity contribution in [2.75, 3.05) is 0 Å². The van der Waals surface area contributed by atoms with Gasteiger partial charge in [-0.2, -0.15) is 4.57 Å². The van der Waals surface area contributed by atoms with Gasteiger partial charge in [0.1, 0.15) is 6.54 Å². The quantitative estimate of drug-likeness (QED) is 0.426. The summed E-state index contributed by atoms with van der Waals surface area (Å²) in [5.41, 5.74) is 0.849. The molecule has 0 spiro atoms. The molecule has 1 heterocycles. The van der Waals surface area contributed by atoms with Crippen molar-refractivity contribution in [1.29, 1.82) is 0 Å². The number of hydrogen-bond donors (Lipinski definition) is 0.